The Morgan fingerprint density at radius 3 is 2.75 bits per heavy atom. The number of carbonyl (C=O) groups excluding carboxylic acids is 4. The van der Waals surface area contributed by atoms with Gasteiger partial charge in [0.1, 0.15) is 18.1 Å². The Balaban J connectivity index is 1.38. The van der Waals surface area contributed by atoms with Crippen molar-refractivity contribution in [2.45, 2.75) is 44.2 Å². The molecular weight excluding hydrogens is 457 g/mol. The first kappa shape index (κ1) is 22.9. The third-order valence-electron chi connectivity index (χ3n) is 6.53. The summed E-state index contributed by atoms with van der Waals surface area (Å²) in [5, 5.41) is 6.22. The number of benzene rings is 1. The average molecular weight is 482 g/mol. The summed E-state index contributed by atoms with van der Waals surface area (Å²) in [6, 6.07) is 3.28. The van der Waals surface area contributed by atoms with Gasteiger partial charge in [-0.15, -0.1) is 0 Å². The van der Waals surface area contributed by atoms with E-state index in [1.165, 1.54) is 11.0 Å². The molecule has 1 saturated carbocycles. The van der Waals surface area contributed by atoms with E-state index in [-0.39, 0.29) is 42.1 Å². The van der Waals surface area contributed by atoms with E-state index >= 15 is 0 Å². The van der Waals surface area contributed by atoms with Crippen LogP contribution in [0.3, 0.4) is 0 Å². The fourth-order valence-corrected chi connectivity index (χ4v) is 4.97. The number of aldehydes is 1. The molecule has 32 heavy (non-hydrogen) atoms. The Labute approximate surface area is 195 Å². The number of hydrogen-bond donors (Lipinski definition) is 2. The van der Waals surface area contributed by atoms with Crippen molar-refractivity contribution in [1.82, 2.24) is 15.5 Å². The second kappa shape index (κ2) is 9.27. The van der Waals surface area contributed by atoms with Crippen LogP contribution in [0, 0.1) is 11.3 Å². The predicted octanol–water partition coefficient (Wildman–Crippen LogP) is 1.96. The van der Waals surface area contributed by atoms with E-state index < -0.39 is 12.1 Å². The molecule has 8 nitrogen and oxygen atoms in total. The van der Waals surface area contributed by atoms with Crippen LogP contribution >= 0.6 is 23.2 Å². The van der Waals surface area contributed by atoms with Gasteiger partial charge in [0.05, 0.1) is 11.1 Å². The molecule has 3 aliphatic rings. The number of rotatable bonds is 8. The number of amides is 3. The minimum atomic E-state index is -0.770. The first-order valence-electron chi connectivity index (χ1n) is 10.7. The number of nitrogens with zero attached hydrogens (tertiary/aromatic N) is 1. The van der Waals surface area contributed by atoms with E-state index in [4.69, 9.17) is 27.9 Å². The van der Waals surface area contributed by atoms with Crippen LogP contribution in [-0.2, 0) is 19.2 Å². The fraction of sp³-hybridized carbons (Fsp3) is 0.545. The van der Waals surface area contributed by atoms with E-state index in [0.717, 1.165) is 12.8 Å². The summed E-state index contributed by atoms with van der Waals surface area (Å²) >= 11 is 12.0. The highest BCUT2D eigenvalue weighted by Crippen LogP contribution is 2.54. The summed E-state index contributed by atoms with van der Waals surface area (Å²) < 4.78 is 5.57. The molecule has 2 heterocycles. The molecular formula is C22H25Cl2N3O5. The number of nitrogens with one attached hydrogen (secondary N) is 2. The van der Waals surface area contributed by atoms with Crippen LogP contribution in [0.1, 0.15) is 32.1 Å². The largest absolute Gasteiger partial charge is 0.482 e. The van der Waals surface area contributed by atoms with E-state index in [9.17, 15) is 19.2 Å². The Kier molecular flexibility index (Phi) is 6.62. The molecule has 4 rings (SSSR count). The van der Waals surface area contributed by atoms with Gasteiger partial charge in [0.2, 0.25) is 11.8 Å². The van der Waals surface area contributed by atoms with Gasteiger partial charge in [0, 0.05) is 24.0 Å². The van der Waals surface area contributed by atoms with Crippen LogP contribution in [0.2, 0.25) is 10.0 Å². The molecule has 10 heteroatoms. The van der Waals surface area contributed by atoms with Gasteiger partial charge >= 0.3 is 0 Å². The zero-order valence-electron chi connectivity index (χ0n) is 17.4. The number of carbonyl (C=O) groups is 4. The van der Waals surface area contributed by atoms with Crippen LogP contribution < -0.4 is 15.4 Å². The monoisotopic (exact) mass is 481 g/mol. The maximum absolute atomic E-state index is 13.0. The molecule has 0 radical (unpaired) electrons. The SMILES string of the molecule is O=C[C@H](C[C@@H]1CCNC1=O)NC(=O)[C@@H]1CC2(CC2)CN1C(=O)COc1ccc(Cl)cc1Cl. The maximum atomic E-state index is 13.0. The van der Waals surface area contributed by atoms with Gasteiger partial charge in [-0.1, -0.05) is 23.2 Å². The number of halogens is 2. The lowest BCUT2D eigenvalue weighted by Crippen LogP contribution is -2.50. The molecule has 0 aromatic heterocycles. The van der Waals surface area contributed by atoms with Crippen molar-refractivity contribution in [2.75, 3.05) is 19.7 Å². The third kappa shape index (κ3) is 5.02. The number of hydrogen-bond acceptors (Lipinski definition) is 5. The number of ether oxygens (including phenoxy) is 1. The van der Waals surface area contributed by atoms with E-state index in [2.05, 4.69) is 10.6 Å². The molecule has 1 aliphatic carbocycles. The lowest BCUT2D eigenvalue weighted by molar-refractivity contribution is -0.140. The summed E-state index contributed by atoms with van der Waals surface area (Å²) in [5.41, 5.74) is -0.0302. The fourth-order valence-electron chi connectivity index (χ4n) is 4.51. The molecule has 0 bridgehead atoms. The summed E-state index contributed by atoms with van der Waals surface area (Å²) in [4.78, 5) is 50.9. The van der Waals surface area contributed by atoms with Crippen molar-refractivity contribution in [3.05, 3.63) is 28.2 Å². The predicted molar refractivity (Wildman–Crippen MR) is 117 cm³/mol. The summed E-state index contributed by atoms with van der Waals surface area (Å²) in [6.45, 7) is 0.799. The first-order chi connectivity index (χ1) is 15.3. The summed E-state index contributed by atoms with van der Waals surface area (Å²) in [5.74, 6) is -0.751. The van der Waals surface area contributed by atoms with Crippen molar-refractivity contribution in [1.29, 1.82) is 0 Å². The van der Waals surface area contributed by atoms with Crippen LogP contribution in [0.5, 0.6) is 5.75 Å². The van der Waals surface area contributed by atoms with Crippen molar-refractivity contribution in [3.8, 4) is 5.75 Å². The normalized spacial score (nSPS) is 24.2. The molecule has 3 atom stereocenters. The second-order valence-electron chi connectivity index (χ2n) is 8.87. The average Bonchev–Trinajstić information content (AvgIpc) is 3.22. The second-order valence-corrected chi connectivity index (χ2v) is 9.71. The molecule has 3 fully saturated rings. The van der Waals surface area contributed by atoms with Crippen molar-refractivity contribution >= 4 is 47.2 Å². The maximum Gasteiger partial charge on any atom is 0.261 e. The molecule has 172 valence electrons. The zero-order valence-corrected chi connectivity index (χ0v) is 19.0. The highest BCUT2D eigenvalue weighted by Gasteiger charge is 2.55. The molecule has 2 saturated heterocycles. The minimum absolute atomic E-state index is 0.0302. The highest BCUT2D eigenvalue weighted by atomic mass is 35.5. The Morgan fingerprint density at radius 2 is 2.12 bits per heavy atom. The smallest absolute Gasteiger partial charge is 0.261 e. The zero-order chi connectivity index (χ0) is 22.9. The summed E-state index contributed by atoms with van der Waals surface area (Å²) in [7, 11) is 0. The number of likely N-dealkylation sites (tertiary alicyclic amines) is 1. The van der Waals surface area contributed by atoms with Crippen LogP contribution in [0.25, 0.3) is 0 Å². The third-order valence-corrected chi connectivity index (χ3v) is 7.06. The molecule has 0 unspecified atom stereocenters. The Morgan fingerprint density at radius 1 is 1.34 bits per heavy atom. The van der Waals surface area contributed by atoms with Crippen molar-refractivity contribution < 1.29 is 23.9 Å². The lowest BCUT2D eigenvalue weighted by atomic mass is 9.98. The van der Waals surface area contributed by atoms with Gasteiger partial charge in [0.15, 0.2) is 6.61 Å². The molecule has 3 amide bonds. The van der Waals surface area contributed by atoms with Gasteiger partial charge in [-0.25, -0.2) is 0 Å². The van der Waals surface area contributed by atoms with Crippen LogP contribution in [0.4, 0.5) is 0 Å². The molecule has 1 spiro atoms. The van der Waals surface area contributed by atoms with E-state index in [0.29, 0.717) is 48.0 Å². The quantitative estimate of drug-likeness (QED) is 0.552. The standard InChI is InChI=1S/C22H25Cl2N3O5/c23-14-1-2-18(16(24)8-14)32-11-19(29)27-12-22(4-5-22)9-17(27)21(31)26-15(10-28)7-13-3-6-25-20(13)30/h1-2,8,10,13,15,17H,3-7,9,11-12H2,(H,25,30)(H,26,31)/t13-,15-,17-/m0/s1. The topological polar surface area (TPSA) is 105 Å². The molecule has 1 aromatic carbocycles. The van der Waals surface area contributed by atoms with Gasteiger partial charge in [-0.2, -0.15) is 0 Å². The Hall–Kier alpha value is -2.32. The van der Waals surface area contributed by atoms with Gasteiger partial charge in [-0.05, 0) is 55.7 Å². The molecule has 2 aliphatic heterocycles. The lowest BCUT2D eigenvalue weighted by Gasteiger charge is -2.25. The van der Waals surface area contributed by atoms with E-state index in [1.54, 1.807) is 12.1 Å². The summed E-state index contributed by atoms with van der Waals surface area (Å²) in [6.07, 6.45) is 4.03. The minimum Gasteiger partial charge on any atom is -0.482 e. The Bertz CT molecular complexity index is 936. The van der Waals surface area contributed by atoms with Crippen LogP contribution in [-0.4, -0.2) is 60.7 Å². The van der Waals surface area contributed by atoms with Crippen molar-refractivity contribution in [3.63, 3.8) is 0 Å². The molecule has 2 N–H and O–H groups in total. The first-order valence-corrected chi connectivity index (χ1v) is 11.5. The molecule has 1 aromatic rings. The highest BCUT2D eigenvalue weighted by molar-refractivity contribution is 6.35. The van der Waals surface area contributed by atoms with Gasteiger partial charge in [0.25, 0.3) is 5.91 Å². The van der Waals surface area contributed by atoms with Gasteiger partial charge < -0.3 is 25.1 Å². The van der Waals surface area contributed by atoms with Crippen LogP contribution in [0.15, 0.2) is 18.2 Å². The van der Waals surface area contributed by atoms with Crippen molar-refractivity contribution in [2.24, 2.45) is 11.3 Å². The van der Waals surface area contributed by atoms with E-state index in [1.807, 2.05) is 0 Å². The van der Waals surface area contributed by atoms with Gasteiger partial charge in [-0.3, -0.25) is 14.4 Å².